The van der Waals surface area contributed by atoms with Crippen molar-refractivity contribution < 1.29 is 9.53 Å². The van der Waals surface area contributed by atoms with Gasteiger partial charge in [0.2, 0.25) is 0 Å². The minimum atomic E-state index is -0.408. The molecule has 92 valence electrons. The van der Waals surface area contributed by atoms with Crippen LogP contribution in [0.25, 0.3) is 0 Å². The summed E-state index contributed by atoms with van der Waals surface area (Å²) in [5.41, 5.74) is 5.83. The molecule has 0 bridgehead atoms. The van der Waals surface area contributed by atoms with E-state index in [1.54, 1.807) is 0 Å². The van der Waals surface area contributed by atoms with Crippen molar-refractivity contribution in [2.24, 2.45) is 11.1 Å². The molecule has 0 aromatic carbocycles. The maximum Gasteiger partial charge on any atom is 0.410 e. The van der Waals surface area contributed by atoms with E-state index < -0.39 is 5.60 Å². The van der Waals surface area contributed by atoms with Crippen molar-refractivity contribution in [2.45, 2.75) is 51.7 Å². The van der Waals surface area contributed by atoms with Gasteiger partial charge in [-0.1, -0.05) is 0 Å². The molecule has 2 fully saturated rings. The molecule has 2 N–H and O–H groups in total. The summed E-state index contributed by atoms with van der Waals surface area (Å²) in [7, 11) is 0. The number of hydrogen-bond donors (Lipinski definition) is 1. The lowest BCUT2D eigenvalue weighted by Gasteiger charge is -2.44. The van der Waals surface area contributed by atoms with Crippen molar-refractivity contribution >= 4 is 6.09 Å². The zero-order chi connectivity index (χ0) is 12.0. The molecule has 2 aliphatic rings. The van der Waals surface area contributed by atoms with Crippen LogP contribution in [0, 0.1) is 5.41 Å². The summed E-state index contributed by atoms with van der Waals surface area (Å²) in [6.07, 6.45) is 3.10. The largest absolute Gasteiger partial charge is 0.444 e. The first kappa shape index (κ1) is 11.7. The lowest BCUT2D eigenvalue weighted by molar-refractivity contribution is 0.0225. The van der Waals surface area contributed by atoms with Crippen molar-refractivity contribution in [3.63, 3.8) is 0 Å². The standard InChI is InChI=1S/C12H22N2O2/c1-11(2,3)16-10(15)14-7-6-12(8-14)5-4-9(12)13/h9H,4-8,13H2,1-3H3/t9-,12+/m0/s1. The van der Waals surface area contributed by atoms with Gasteiger partial charge in [0.1, 0.15) is 5.60 Å². The van der Waals surface area contributed by atoms with Gasteiger partial charge in [0.15, 0.2) is 0 Å². The lowest BCUT2D eigenvalue weighted by atomic mass is 9.64. The van der Waals surface area contributed by atoms with Crippen molar-refractivity contribution in [2.75, 3.05) is 13.1 Å². The zero-order valence-electron chi connectivity index (χ0n) is 10.5. The van der Waals surface area contributed by atoms with Gasteiger partial charge in [-0.25, -0.2) is 4.79 Å². The molecular weight excluding hydrogens is 204 g/mol. The molecule has 1 amide bonds. The van der Waals surface area contributed by atoms with Crippen LogP contribution in [0.4, 0.5) is 4.79 Å². The summed E-state index contributed by atoms with van der Waals surface area (Å²) < 4.78 is 5.36. The predicted molar refractivity (Wildman–Crippen MR) is 62.1 cm³/mol. The highest BCUT2D eigenvalue weighted by molar-refractivity contribution is 5.68. The summed E-state index contributed by atoms with van der Waals surface area (Å²) in [6.45, 7) is 7.26. The van der Waals surface area contributed by atoms with Crippen LogP contribution in [0.2, 0.25) is 0 Å². The first-order chi connectivity index (χ1) is 7.32. The highest BCUT2D eigenvalue weighted by Gasteiger charge is 2.50. The van der Waals surface area contributed by atoms with E-state index in [0.717, 1.165) is 32.4 Å². The van der Waals surface area contributed by atoms with Gasteiger partial charge in [-0.2, -0.15) is 0 Å². The van der Waals surface area contributed by atoms with Crippen LogP contribution in [0.15, 0.2) is 0 Å². The van der Waals surface area contributed by atoms with Crippen LogP contribution in [0.3, 0.4) is 0 Å². The van der Waals surface area contributed by atoms with Crippen LogP contribution in [0.5, 0.6) is 0 Å². The third-order valence-corrected chi connectivity index (χ3v) is 3.78. The van der Waals surface area contributed by atoms with Gasteiger partial charge < -0.3 is 15.4 Å². The number of carbonyl (C=O) groups is 1. The Balaban J connectivity index is 1.91. The quantitative estimate of drug-likeness (QED) is 0.684. The van der Waals surface area contributed by atoms with Gasteiger partial charge >= 0.3 is 6.09 Å². The van der Waals surface area contributed by atoms with Gasteiger partial charge in [-0.05, 0) is 40.0 Å². The second-order valence-electron chi connectivity index (χ2n) is 6.16. The lowest BCUT2D eigenvalue weighted by Crippen LogP contribution is -2.52. The molecule has 1 aliphatic carbocycles. The third-order valence-electron chi connectivity index (χ3n) is 3.78. The Morgan fingerprint density at radius 2 is 2.12 bits per heavy atom. The van der Waals surface area contributed by atoms with Crippen LogP contribution < -0.4 is 5.73 Å². The van der Waals surface area contributed by atoms with Crippen LogP contribution in [-0.2, 0) is 4.74 Å². The Hall–Kier alpha value is -0.770. The predicted octanol–water partition coefficient (Wildman–Crippen LogP) is 1.73. The molecule has 1 spiro atoms. The number of ether oxygens (including phenoxy) is 1. The monoisotopic (exact) mass is 226 g/mol. The number of rotatable bonds is 0. The van der Waals surface area contributed by atoms with Gasteiger partial charge in [0.25, 0.3) is 0 Å². The molecule has 4 heteroatoms. The molecule has 16 heavy (non-hydrogen) atoms. The smallest absolute Gasteiger partial charge is 0.410 e. The number of hydrogen-bond acceptors (Lipinski definition) is 3. The van der Waals surface area contributed by atoms with E-state index in [1.165, 1.54) is 0 Å². The second-order valence-corrected chi connectivity index (χ2v) is 6.16. The average Bonchev–Trinajstić information content (AvgIpc) is 2.59. The number of nitrogens with zero attached hydrogens (tertiary/aromatic N) is 1. The summed E-state index contributed by atoms with van der Waals surface area (Å²) >= 11 is 0. The van der Waals surface area contributed by atoms with Crippen molar-refractivity contribution in [3.05, 3.63) is 0 Å². The van der Waals surface area contributed by atoms with Gasteiger partial charge in [-0.3, -0.25) is 0 Å². The summed E-state index contributed by atoms with van der Waals surface area (Å²) in [5.74, 6) is 0. The van der Waals surface area contributed by atoms with Gasteiger partial charge in [0, 0.05) is 24.5 Å². The molecule has 0 radical (unpaired) electrons. The van der Waals surface area contributed by atoms with Crippen LogP contribution in [-0.4, -0.2) is 35.7 Å². The van der Waals surface area contributed by atoms with E-state index >= 15 is 0 Å². The third kappa shape index (κ3) is 2.03. The molecule has 1 saturated carbocycles. The maximum atomic E-state index is 11.9. The van der Waals surface area contributed by atoms with E-state index in [-0.39, 0.29) is 17.6 Å². The highest BCUT2D eigenvalue weighted by atomic mass is 16.6. The topological polar surface area (TPSA) is 55.6 Å². The fourth-order valence-corrected chi connectivity index (χ4v) is 2.60. The second kappa shape index (κ2) is 3.62. The molecule has 4 nitrogen and oxygen atoms in total. The van der Waals surface area contributed by atoms with Gasteiger partial charge in [0.05, 0.1) is 0 Å². The van der Waals surface area contributed by atoms with Crippen molar-refractivity contribution in [1.29, 1.82) is 0 Å². The van der Waals surface area contributed by atoms with Crippen molar-refractivity contribution in [3.8, 4) is 0 Å². The first-order valence-corrected chi connectivity index (χ1v) is 6.06. The summed E-state index contributed by atoms with van der Waals surface area (Å²) in [4.78, 5) is 13.7. The van der Waals surface area contributed by atoms with E-state index in [0.29, 0.717) is 0 Å². The molecule has 0 aromatic rings. The van der Waals surface area contributed by atoms with E-state index in [1.807, 2.05) is 25.7 Å². The maximum absolute atomic E-state index is 11.9. The number of amides is 1. The molecule has 1 aliphatic heterocycles. The Kier molecular flexibility index (Phi) is 2.65. The fraction of sp³-hybridized carbons (Fsp3) is 0.917. The molecule has 2 atom stereocenters. The highest BCUT2D eigenvalue weighted by Crippen LogP contribution is 2.47. The minimum Gasteiger partial charge on any atom is -0.444 e. The first-order valence-electron chi connectivity index (χ1n) is 6.06. The number of nitrogens with two attached hydrogens (primary N) is 1. The van der Waals surface area contributed by atoms with E-state index in [9.17, 15) is 4.79 Å². The molecule has 1 heterocycles. The zero-order valence-corrected chi connectivity index (χ0v) is 10.5. The normalized spacial score (nSPS) is 34.0. The SMILES string of the molecule is CC(C)(C)OC(=O)N1CC[C@]2(CC[C@@H]2N)C1. The summed E-state index contributed by atoms with van der Waals surface area (Å²) in [5, 5.41) is 0. The summed E-state index contributed by atoms with van der Waals surface area (Å²) in [6, 6.07) is 0.278. The molecule has 0 unspecified atom stereocenters. The average molecular weight is 226 g/mol. The molecular formula is C12H22N2O2. The van der Waals surface area contributed by atoms with Crippen LogP contribution in [0.1, 0.15) is 40.0 Å². The van der Waals surface area contributed by atoms with E-state index in [2.05, 4.69) is 0 Å². The number of likely N-dealkylation sites (tertiary alicyclic amines) is 1. The molecule has 0 aromatic heterocycles. The van der Waals surface area contributed by atoms with Crippen molar-refractivity contribution in [1.82, 2.24) is 4.90 Å². The Morgan fingerprint density at radius 3 is 2.50 bits per heavy atom. The van der Waals surface area contributed by atoms with E-state index in [4.69, 9.17) is 10.5 Å². The van der Waals surface area contributed by atoms with Gasteiger partial charge in [-0.15, -0.1) is 0 Å². The molecule has 2 rings (SSSR count). The Morgan fingerprint density at radius 1 is 1.44 bits per heavy atom. The Bertz CT molecular complexity index is 298. The molecule has 1 saturated heterocycles. The fourth-order valence-electron chi connectivity index (χ4n) is 2.60. The number of carbonyl (C=O) groups excluding carboxylic acids is 1. The minimum absolute atomic E-state index is 0.191. The Labute approximate surface area is 97.1 Å². The van der Waals surface area contributed by atoms with Crippen LogP contribution >= 0.6 is 0 Å².